The highest BCUT2D eigenvalue weighted by Gasteiger charge is 2.16. The maximum atomic E-state index is 12.5. The van der Waals surface area contributed by atoms with Gasteiger partial charge < -0.3 is 19.3 Å². The molecule has 0 aliphatic heterocycles. The number of urea groups is 1. The zero-order chi connectivity index (χ0) is 17.6. The van der Waals surface area contributed by atoms with Crippen molar-refractivity contribution in [2.45, 2.75) is 26.4 Å². The molecule has 25 heavy (non-hydrogen) atoms. The van der Waals surface area contributed by atoms with E-state index in [1.807, 2.05) is 42.2 Å². The number of carbonyl (C=O) groups is 1. The lowest BCUT2D eigenvalue weighted by Gasteiger charge is -2.21. The molecule has 0 saturated heterocycles. The summed E-state index contributed by atoms with van der Waals surface area (Å²) in [7, 11) is 1.91. The van der Waals surface area contributed by atoms with E-state index in [0.29, 0.717) is 24.8 Å². The van der Waals surface area contributed by atoms with Gasteiger partial charge in [-0.3, -0.25) is 0 Å². The van der Waals surface area contributed by atoms with Crippen molar-refractivity contribution in [3.8, 4) is 10.8 Å². The number of nitrogens with zero attached hydrogens (tertiary/aromatic N) is 5. The van der Waals surface area contributed by atoms with E-state index < -0.39 is 0 Å². The molecule has 0 spiro atoms. The van der Waals surface area contributed by atoms with Crippen molar-refractivity contribution in [3.63, 3.8) is 0 Å². The van der Waals surface area contributed by atoms with Crippen molar-refractivity contribution >= 4 is 17.4 Å². The van der Waals surface area contributed by atoms with Crippen molar-refractivity contribution in [2.24, 2.45) is 7.05 Å². The Morgan fingerprint density at radius 3 is 3.04 bits per heavy atom. The smallest absolute Gasteiger partial charge is 0.318 e. The highest BCUT2D eigenvalue weighted by Crippen LogP contribution is 2.22. The van der Waals surface area contributed by atoms with Crippen LogP contribution in [0.1, 0.15) is 25.0 Å². The first kappa shape index (κ1) is 17.2. The Balaban J connectivity index is 1.59. The number of thiophene rings is 1. The van der Waals surface area contributed by atoms with E-state index in [1.165, 1.54) is 11.3 Å². The number of aryl methyl sites for hydroxylation is 1. The molecule has 3 aromatic heterocycles. The molecule has 0 saturated carbocycles. The summed E-state index contributed by atoms with van der Waals surface area (Å²) in [4.78, 5) is 23.7. The minimum atomic E-state index is -0.174. The summed E-state index contributed by atoms with van der Waals surface area (Å²) in [6.45, 7) is 3.35. The van der Waals surface area contributed by atoms with Crippen LogP contribution < -0.4 is 5.32 Å². The summed E-state index contributed by atoms with van der Waals surface area (Å²) >= 11 is 1.53. The van der Waals surface area contributed by atoms with E-state index in [2.05, 4.69) is 20.4 Å². The van der Waals surface area contributed by atoms with Gasteiger partial charge in [0.25, 0.3) is 5.89 Å². The highest BCUT2D eigenvalue weighted by molar-refractivity contribution is 7.13. The van der Waals surface area contributed by atoms with Crippen LogP contribution in [0.4, 0.5) is 4.79 Å². The topological polar surface area (TPSA) is 89.1 Å². The monoisotopic (exact) mass is 360 g/mol. The van der Waals surface area contributed by atoms with Gasteiger partial charge in [-0.1, -0.05) is 18.1 Å². The first-order valence-electron chi connectivity index (χ1n) is 8.02. The number of rotatable bonds is 7. The van der Waals surface area contributed by atoms with Gasteiger partial charge in [-0.05, 0) is 17.9 Å². The number of hydrogen-bond acceptors (Lipinski definition) is 6. The Morgan fingerprint density at radius 2 is 2.36 bits per heavy atom. The molecule has 3 aromatic rings. The first-order valence-corrected chi connectivity index (χ1v) is 8.90. The second kappa shape index (κ2) is 7.93. The average molecular weight is 360 g/mol. The van der Waals surface area contributed by atoms with Crippen LogP contribution in [0.2, 0.25) is 0 Å². The van der Waals surface area contributed by atoms with Crippen molar-refractivity contribution in [2.75, 3.05) is 6.54 Å². The summed E-state index contributed by atoms with van der Waals surface area (Å²) in [6.07, 6.45) is 4.45. The molecule has 8 nitrogen and oxygen atoms in total. The summed E-state index contributed by atoms with van der Waals surface area (Å²) < 4.78 is 7.13. The van der Waals surface area contributed by atoms with Gasteiger partial charge in [0.15, 0.2) is 5.82 Å². The van der Waals surface area contributed by atoms with E-state index >= 15 is 0 Å². The lowest BCUT2D eigenvalue weighted by Crippen LogP contribution is -2.40. The van der Waals surface area contributed by atoms with Crippen molar-refractivity contribution in [1.82, 2.24) is 29.9 Å². The first-order chi connectivity index (χ1) is 12.2. The number of carbonyl (C=O) groups excluding carboxylic acids is 1. The third kappa shape index (κ3) is 4.24. The molecular formula is C16H20N6O2S. The number of hydrogen-bond donors (Lipinski definition) is 1. The predicted octanol–water partition coefficient (Wildman–Crippen LogP) is 2.65. The van der Waals surface area contributed by atoms with Crippen molar-refractivity contribution < 1.29 is 9.32 Å². The number of amides is 2. The lowest BCUT2D eigenvalue weighted by molar-refractivity contribution is 0.192. The van der Waals surface area contributed by atoms with Crippen LogP contribution in [0.15, 0.2) is 34.4 Å². The Hall–Kier alpha value is -2.68. The Morgan fingerprint density at radius 1 is 1.48 bits per heavy atom. The zero-order valence-electron chi connectivity index (χ0n) is 14.2. The molecule has 1 N–H and O–H groups in total. The van der Waals surface area contributed by atoms with Crippen LogP contribution in [0.25, 0.3) is 10.8 Å². The number of aromatic nitrogens is 4. The molecule has 0 radical (unpaired) electrons. The largest absolute Gasteiger partial charge is 0.337 e. The fourth-order valence-corrected chi connectivity index (χ4v) is 2.98. The standard InChI is InChI=1S/C16H20N6O2S/c1-3-7-22(11-14-17-6-8-21(14)2)16(23)18-10-13-19-15(24-20-13)12-5-4-9-25-12/h4-6,8-9H,3,7,10-11H2,1-2H3,(H,18,23). The minimum Gasteiger partial charge on any atom is -0.337 e. The van der Waals surface area contributed by atoms with Gasteiger partial charge in [0, 0.05) is 26.0 Å². The average Bonchev–Trinajstić information content (AvgIpc) is 3.34. The van der Waals surface area contributed by atoms with Crippen LogP contribution in [0.3, 0.4) is 0 Å². The predicted molar refractivity (Wildman–Crippen MR) is 93.8 cm³/mol. The maximum Gasteiger partial charge on any atom is 0.318 e. The SMILES string of the molecule is CCCN(Cc1nccn1C)C(=O)NCc1noc(-c2cccs2)n1. The molecule has 0 atom stereocenters. The molecule has 0 aliphatic rings. The molecule has 2 amide bonds. The quantitative estimate of drug-likeness (QED) is 0.700. The van der Waals surface area contributed by atoms with Crippen LogP contribution >= 0.6 is 11.3 Å². The number of nitrogens with one attached hydrogen (secondary N) is 1. The van der Waals surface area contributed by atoms with Crippen LogP contribution in [0.5, 0.6) is 0 Å². The molecule has 3 heterocycles. The molecule has 0 fully saturated rings. The molecular weight excluding hydrogens is 340 g/mol. The highest BCUT2D eigenvalue weighted by atomic mass is 32.1. The second-order valence-electron chi connectivity index (χ2n) is 5.53. The van der Waals surface area contributed by atoms with E-state index in [1.54, 1.807) is 11.1 Å². The van der Waals surface area contributed by atoms with Gasteiger partial charge in [0.1, 0.15) is 5.82 Å². The molecule has 3 rings (SSSR count). The van der Waals surface area contributed by atoms with Crippen LogP contribution in [-0.2, 0) is 20.1 Å². The molecule has 0 aromatic carbocycles. The zero-order valence-corrected chi connectivity index (χ0v) is 15.0. The van der Waals surface area contributed by atoms with Crippen LogP contribution in [0, 0.1) is 0 Å². The van der Waals surface area contributed by atoms with Gasteiger partial charge in [0.05, 0.1) is 18.0 Å². The molecule has 0 bridgehead atoms. The van der Waals surface area contributed by atoms with Gasteiger partial charge in [0.2, 0.25) is 0 Å². The summed E-state index contributed by atoms with van der Waals surface area (Å²) in [5.41, 5.74) is 0. The normalized spacial score (nSPS) is 10.8. The minimum absolute atomic E-state index is 0.174. The Bertz CT molecular complexity index is 810. The van der Waals surface area contributed by atoms with Crippen molar-refractivity contribution in [3.05, 3.63) is 41.6 Å². The van der Waals surface area contributed by atoms with Gasteiger partial charge in [-0.2, -0.15) is 4.98 Å². The third-order valence-electron chi connectivity index (χ3n) is 3.63. The third-order valence-corrected chi connectivity index (χ3v) is 4.49. The molecule has 0 unspecified atom stereocenters. The van der Waals surface area contributed by atoms with E-state index in [4.69, 9.17) is 4.52 Å². The van der Waals surface area contributed by atoms with E-state index in [0.717, 1.165) is 17.1 Å². The molecule has 132 valence electrons. The summed E-state index contributed by atoms with van der Waals surface area (Å²) in [5, 5.41) is 8.70. The summed E-state index contributed by atoms with van der Waals surface area (Å²) in [6, 6.07) is 3.66. The lowest BCUT2D eigenvalue weighted by atomic mass is 10.4. The second-order valence-corrected chi connectivity index (χ2v) is 6.48. The Labute approximate surface area is 149 Å². The fourth-order valence-electron chi connectivity index (χ4n) is 2.33. The fraction of sp³-hybridized carbons (Fsp3) is 0.375. The van der Waals surface area contributed by atoms with Crippen molar-refractivity contribution in [1.29, 1.82) is 0 Å². The summed E-state index contributed by atoms with van der Waals surface area (Å²) in [5.74, 6) is 1.76. The molecule has 0 aliphatic carbocycles. The Kier molecular flexibility index (Phi) is 5.44. The van der Waals surface area contributed by atoms with Gasteiger partial charge in [-0.15, -0.1) is 11.3 Å². The molecule has 9 heteroatoms. The van der Waals surface area contributed by atoms with E-state index in [-0.39, 0.29) is 12.6 Å². The maximum absolute atomic E-state index is 12.5. The van der Waals surface area contributed by atoms with E-state index in [9.17, 15) is 4.79 Å². The van der Waals surface area contributed by atoms with Gasteiger partial charge >= 0.3 is 6.03 Å². The van der Waals surface area contributed by atoms with Crippen LogP contribution in [-0.4, -0.2) is 37.2 Å². The number of imidazole rings is 1. The van der Waals surface area contributed by atoms with Gasteiger partial charge in [-0.25, -0.2) is 9.78 Å².